The van der Waals surface area contributed by atoms with E-state index in [4.69, 9.17) is 9.47 Å². The van der Waals surface area contributed by atoms with Gasteiger partial charge in [0, 0.05) is 12.6 Å². The standard InChI is InChI=1S/C13H18INO4S/c14-6-2-1-3-7-15-20(16,17)11-4-5-12-13(10-11)19-9-8-18-12/h4-5,10,15H,1-3,6-9H2. The minimum absolute atomic E-state index is 0.218. The third-order valence-electron chi connectivity index (χ3n) is 2.93. The number of hydrogen-bond donors (Lipinski definition) is 1. The molecule has 1 aromatic rings. The van der Waals surface area contributed by atoms with Crippen molar-refractivity contribution < 1.29 is 17.9 Å². The van der Waals surface area contributed by atoms with Crippen LogP contribution in [0, 0.1) is 0 Å². The predicted molar refractivity (Wildman–Crippen MR) is 85.4 cm³/mol. The number of halogens is 1. The fourth-order valence-corrected chi connectivity index (χ4v) is 3.51. The van der Waals surface area contributed by atoms with Crippen molar-refractivity contribution in [1.29, 1.82) is 0 Å². The Bertz CT molecular complexity index is 547. The van der Waals surface area contributed by atoms with E-state index >= 15 is 0 Å². The lowest BCUT2D eigenvalue weighted by atomic mass is 10.3. The first kappa shape index (κ1) is 15.8. The molecule has 0 atom stereocenters. The van der Waals surface area contributed by atoms with Gasteiger partial charge >= 0.3 is 0 Å². The largest absolute Gasteiger partial charge is 0.486 e. The van der Waals surface area contributed by atoms with Crippen LogP contribution < -0.4 is 14.2 Å². The molecular formula is C13H18INO4S. The number of benzene rings is 1. The summed E-state index contributed by atoms with van der Waals surface area (Å²) in [6.45, 7) is 1.40. The summed E-state index contributed by atoms with van der Waals surface area (Å²) in [5.74, 6) is 1.08. The fraction of sp³-hybridized carbons (Fsp3) is 0.538. The van der Waals surface area contributed by atoms with Gasteiger partial charge in [0.05, 0.1) is 4.90 Å². The molecule has 0 saturated heterocycles. The minimum Gasteiger partial charge on any atom is -0.486 e. The van der Waals surface area contributed by atoms with E-state index in [0.717, 1.165) is 23.7 Å². The second-order valence-corrected chi connectivity index (χ2v) is 7.30. The number of rotatable bonds is 7. The van der Waals surface area contributed by atoms with E-state index in [-0.39, 0.29) is 4.90 Å². The van der Waals surface area contributed by atoms with Crippen molar-refractivity contribution >= 4 is 32.6 Å². The zero-order valence-corrected chi connectivity index (χ0v) is 14.1. The van der Waals surface area contributed by atoms with Crippen LogP contribution in [-0.2, 0) is 10.0 Å². The zero-order chi connectivity index (χ0) is 14.4. The number of ether oxygens (including phenoxy) is 2. The molecule has 0 radical (unpaired) electrons. The van der Waals surface area contributed by atoms with E-state index < -0.39 is 10.0 Å². The van der Waals surface area contributed by atoms with Gasteiger partial charge in [-0.05, 0) is 29.4 Å². The van der Waals surface area contributed by atoms with Crippen LogP contribution in [0.25, 0.3) is 0 Å². The Hall–Kier alpha value is -0.540. The van der Waals surface area contributed by atoms with E-state index in [0.29, 0.717) is 31.3 Å². The maximum absolute atomic E-state index is 12.1. The highest BCUT2D eigenvalue weighted by atomic mass is 127. The van der Waals surface area contributed by atoms with E-state index in [2.05, 4.69) is 27.3 Å². The number of unbranched alkanes of at least 4 members (excludes halogenated alkanes) is 2. The van der Waals surface area contributed by atoms with E-state index in [1.165, 1.54) is 6.07 Å². The molecule has 20 heavy (non-hydrogen) atoms. The van der Waals surface area contributed by atoms with Crippen LogP contribution in [0.2, 0.25) is 0 Å². The summed E-state index contributed by atoms with van der Waals surface area (Å²) in [6.07, 6.45) is 3.01. The highest BCUT2D eigenvalue weighted by molar-refractivity contribution is 14.1. The Morgan fingerprint density at radius 1 is 1.10 bits per heavy atom. The molecule has 1 heterocycles. The molecule has 7 heteroatoms. The fourth-order valence-electron chi connectivity index (χ4n) is 1.88. The van der Waals surface area contributed by atoms with Crippen molar-refractivity contribution in [2.45, 2.75) is 24.2 Å². The Morgan fingerprint density at radius 2 is 1.85 bits per heavy atom. The van der Waals surface area contributed by atoms with Gasteiger partial charge in [0.2, 0.25) is 10.0 Å². The normalized spacial score (nSPS) is 14.2. The lowest BCUT2D eigenvalue weighted by molar-refractivity contribution is 0.171. The van der Waals surface area contributed by atoms with E-state index in [9.17, 15) is 8.42 Å². The summed E-state index contributed by atoms with van der Waals surface area (Å²) in [7, 11) is -3.47. The second kappa shape index (κ2) is 7.46. The topological polar surface area (TPSA) is 64.6 Å². The molecule has 0 aromatic heterocycles. The lowest BCUT2D eigenvalue weighted by Gasteiger charge is -2.18. The highest BCUT2D eigenvalue weighted by Gasteiger charge is 2.18. The Balaban J connectivity index is 1.98. The summed E-state index contributed by atoms with van der Waals surface area (Å²) < 4.78 is 38.8. The maximum atomic E-state index is 12.1. The van der Waals surface area contributed by atoms with Gasteiger partial charge in [-0.25, -0.2) is 13.1 Å². The average molecular weight is 411 g/mol. The SMILES string of the molecule is O=S(=O)(NCCCCCI)c1ccc2c(c1)OCCO2. The van der Waals surface area contributed by atoms with Crippen molar-refractivity contribution in [3.63, 3.8) is 0 Å². The molecule has 1 aliphatic rings. The maximum Gasteiger partial charge on any atom is 0.240 e. The molecule has 0 saturated carbocycles. The summed E-state index contributed by atoms with van der Waals surface area (Å²) >= 11 is 2.32. The van der Waals surface area contributed by atoms with E-state index in [1.54, 1.807) is 12.1 Å². The molecule has 1 N–H and O–H groups in total. The third kappa shape index (κ3) is 4.23. The lowest BCUT2D eigenvalue weighted by Crippen LogP contribution is -2.25. The van der Waals surface area contributed by atoms with Gasteiger partial charge in [0.25, 0.3) is 0 Å². The van der Waals surface area contributed by atoms with Crippen molar-refractivity contribution in [2.24, 2.45) is 0 Å². The number of hydrogen-bond acceptors (Lipinski definition) is 4. The molecule has 0 fully saturated rings. The number of alkyl halides is 1. The molecule has 112 valence electrons. The van der Waals surface area contributed by atoms with Crippen LogP contribution >= 0.6 is 22.6 Å². The van der Waals surface area contributed by atoms with Crippen molar-refractivity contribution in [2.75, 3.05) is 24.2 Å². The molecular weight excluding hydrogens is 393 g/mol. The van der Waals surface area contributed by atoms with Crippen LogP contribution in [0.5, 0.6) is 11.5 Å². The Morgan fingerprint density at radius 3 is 2.60 bits per heavy atom. The van der Waals surface area contributed by atoms with Gasteiger partial charge < -0.3 is 9.47 Å². The monoisotopic (exact) mass is 411 g/mol. The van der Waals surface area contributed by atoms with Gasteiger partial charge in [0.15, 0.2) is 11.5 Å². The summed E-state index contributed by atoms with van der Waals surface area (Å²) in [5.41, 5.74) is 0. The smallest absolute Gasteiger partial charge is 0.240 e. The number of fused-ring (bicyclic) bond motifs is 1. The van der Waals surface area contributed by atoms with Crippen LogP contribution in [0.1, 0.15) is 19.3 Å². The second-order valence-electron chi connectivity index (χ2n) is 4.45. The minimum atomic E-state index is -3.47. The van der Waals surface area contributed by atoms with Crippen molar-refractivity contribution in [3.05, 3.63) is 18.2 Å². The summed E-state index contributed by atoms with van der Waals surface area (Å²) in [4.78, 5) is 0.218. The van der Waals surface area contributed by atoms with Crippen LogP contribution in [-0.4, -0.2) is 32.6 Å². The average Bonchev–Trinajstić information content (AvgIpc) is 2.46. The van der Waals surface area contributed by atoms with Gasteiger partial charge in [-0.1, -0.05) is 29.0 Å². The first-order chi connectivity index (χ1) is 9.63. The third-order valence-corrected chi connectivity index (χ3v) is 5.15. The van der Waals surface area contributed by atoms with E-state index in [1.807, 2.05) is 0 Å². The van der Waals surface area contributed by atoms with Crippen LogP contribution in [0.4, 0.5) is 0 Å². The molecule has 5 nitrogen and oxygen atoms in total. The van der Waals surface area contributed by atoms with Gasteiger partial charge in [-0.15, -0.1) is 0 Å². The quantitative estimate of drug-likeness (QED) is 0.425. The van der Waals surface area contributed by atoms with Gasteiger partial charge in [0.1, 0.15) is 13.2 Å². The summed E-state index contributed by atoms with van der Waals surface area (Å²) in [6, 6.07) is 4.70. The van der Waals surface area contributed by atoms with Crippen LogP contribution in [0.15, 0.2) is 23.1 Å². The molecule has 0 amide bonds. The predicted octanol–water partition coefficient (Wildman–Crippen LogP) is 2.34. The zero-order valence-electron chi connectivity index (χ0n) is 11.1. The van der Waals surface area contributed by atoms with Crippen molar-refractivity contribution in [1.82, 2.24) is 4.72 Å². The van der Waals surface area contributed by atoms with Crippen molar-refractivity contribution in [3.8, 4) is 11.5 Å². The molecule has 1 aliphatic heterocycles. The first-order valence-corrected chi connectivity index (χ1v) is 9.59. The molecule has 2 rings (SSSR count). The summed E-state index contributed by atoms with van der Waals surface area (Å²) in [5, 5.41) is 0. The highest BCUT2D eigenvalue weighted by Crippen LogP contribution is 2.32. The first-order valence-electron chi connectivity index (χ1n) is 6.59. The van der Waals surface area contributed by atoms with Gasteiger partial charge in [-0.2, -0.15) is 0 Å². The molecule has 0 aliphatic carbocycles. The molecule has 0 bridgehead atoms. The molecule has 0 spiro atoms. The Kier molecular flexibility index (Phi) is 5.91. The van der Waals surface area contributed by atoms with Crippen LogP contribution in [0.3, 0.4) is 0 Å². The molecule has 0 unspecified atom stereocenters. The molecule has 1 aromatic carbocycles. The number of nitrogens with one attached hydrogen (secondary N) is 1. The Labute approximate surface area is 133 Å². The number of sulfonamides is 1. The van der Waals surface area contributed by atoms with Gasteiger partial charge in [-0.3, -0.25) is 0 Å².